The molecule has 1 heterocycles. The number of aromatic nitrogens is 2. The van der Waals surface area contributed by atoms with Crippen molar-refractivity contribution < 1.29 is 4.79 Å². The number of hydrogen-bond acceptors (Lipinski definition) is 2. The third kappa shape index (κ3) is 1.59. The minimum Gasteiger partial charge on any atom is -0.328 e. The van der Waals surface area contributed by atoms with Crippen molar-refractivity contribution in [1.29, 1.82) is 0 Å². The lowest BCUT2D eigenvalue weighted by Gasteiger charge is -2.23. The van der Waals surface area contributed by atoms with Crippen LogP contribution >= 0.6 is 0 Å². The topological polar surface area (TPSA) is 57.8 Å². The number of aromatic amines is 1. The number of H-pyrrole nitrogens is 1. The van der Waals surface area contributed by atoms with Crippen molar-refractivity contribution in [2.45, 2.75) is 44.9 Å². The number of amides is 1. The molecule has 4 nitrogen and oxygen atoms in total. The largest absolute Gasteiger partial charge is 0.328 e. The number of nitrogens with one attached hydrogen (secondary N) is 2. The fourth-order valence-electron chi connectivity index (χ4n) is 3.83. The summed E-state index contributed by atoms with van der Waals surface area (Å²) < 4.78 is 0. The van der Waals surface area contributed by atoms with Crippen LogP contribution in [0.1, 0.15) is 45.2 Å². The molecule has 3 rings (SSSR count). The second kappa shape index (κ2) is 3.59. The molecule has 19 heavy (non-hydrogen) atoms. The van der Waals surface area contributed by atoms with E-state index in [0.717, 1.165) is 29.4 Å². The van der Waals surface area contributed by atoms with E-state index in [2.05, 4.69) is 49.3 Å². The highest BCUT2D eigenvalue weighted by atomic mass is 16.1. The van der Waals surface area contributed by atoms with Crippen molar-refractivity contribution in [1.82, 2.24) is 10.2 Å². The molecule has 0 saturated carbocycles. The van der Waals surface area contributed by atoms with E-state index in [1.807, 2.05) is 0 Å². The van der Waals surface area contributed by atoms with Gasteiger partial charge in [-0.15, -0.1) is 0 Å². The summed E-state index contributed by atoms with van der Waals surface area (Å²) >= 11 is 0. The molecular weight excluding hydrogens is 238 g/mol. The van der Waals surface area contributed by atoms with E-state index in [1.54, 1.807) is 6.20 Å². The Balaban J connectivity index is 2.43. The molecule has 2 N–H and O–H groups in total. The zero-order chi connectivity index (χ0) is 13.8. The van der Waals surface area contributed by atoms with Crippen LogP contribution in [0.4, 0.5) is 5.69 Å². The van der Waals surface area contributed by atoms with Gasteiger partial charge in [-0.05, 0) is 34.4 Å². The maximum Gasteiger partial charge on any atom is 0.211 e. The predicted octanol–water partition coefficient (Wildman–Crippen LogP) is 3.09. The van der Waals surface area contributed by atoms with Gasteiger partial charge in [0, 0.05) is 5.39 Å². The molecule has 4 heteroatoms. The first kappa shape index (κ1) is 12.2. The van der Waals surface area contributed by atoms with Gasteiger partial charge in [-0.1, -0.05) is 27.7 Å². The molecule has 1 aromatic carbocycles. The first-order valence-corrected chi connectivity index (χ1v) is 6.58. The van der Waals surface area contributed by atoms with E-state index in [4.69, 9.17) is 0 Å². The molecule has 1 amide bonds. The van der Waals surface area contributed by atoms with Gasteiger partial charge in [0.15, 0.2) is 0 Å². The predicted molar refractivity (Wildman–Crippen MR) is 76.4 cm³/mol. The molecule has 0 spiro atoms. The molecule has 1 aliphatic carbocycles. The van der Waals surface area contributed by atoms with E-state index >= 15 is 0 Å². The van der Waals surface area contributed by atoms with Crippen LogP contribution in [0.5, 0.6) is 0 Å². The van der Waals surface area contributed by atoms with Crippen LogP contribution in [0, 0.1) is 0 Å². The Bertz CT molecular complexity index is 667. The van der Waals surface area contributed by atoms with Crippen LogP contribution in [0.15, 0.2) is 12.3 Å². The minimum absolute atomic E-state index is 0.0512. The monoisotopic (exact) mass is 257 g/mol. The summed E-state index contributed by atoms with van der Waals surface area (Å²) in [6.45, 7) is 8.99. The molecule has 100 valence electrons. The van der Waals surface area contributed by atoms with Gasteiger partial charge in [0.25, 0.3) is 0 Å². The Hall–Kier alpha value is -1.84. The van der Waals surface area contributed by atoms with Gasteiger partial charge in [0.05, 0.1) is 17.4 Å². The van der Waals surface area contributed by atoms with Crippen molar-refractivity contribution in [3.05, 3.63) is 23.4 Å². The van der Waals surface area contributed by atoms with E-state index in [-0.39, 0.29) is 10.8 Å². The van der Waals surface area contributed by atoms with Gasteiger partial charge in [0.1, 0.15) is 0 Å². The van der Waals surface area contributed by atoms with E-state index < -0.39 is 0 Å². The average molecular weight is 257 g/mol. The zero-order valence-corrected chi connectivity index (χ0v) is 11.8. The van der Waals surface area contributed by atoms with Crippen LogP contribution in [-0.2, 0) is 15.6 Å². The molecule has 0 saturated heterocycles. The SMILES string of the molecule is CC1(C)CC(C)(C)c2c1cc1[nH]ncc1c2NC=O. The molecule has 0 atom stereocenters. The Morgan fingerprint density at radius 2 is 2.05 bits per heavy atom. The van der Waals surface area contributed by atoms with Gasteiger partial charge in [-0.2, -0.15) is 5.10 Å². The van der Waals surface area contributed by atoms with Gasteiger partial charge < -0.3 is 5.32 Å². The molecule has 1 aliphatic rings. The quantitative estimate of drug-likeness (QED) is 0.812. The van der Waals surface area contributed by atoms with Crippen molar-refractivity contribution in [2.75, 3.05) is 5.32 Å². The number of carbonyl (C=O) groups is 1. The van der Waals surface area contributed by atoms with Crippen molar-refractivity contribution in [3.8, 4) is 0 Å². The van der Waals surface area contributed by atoms with Gasteiger partial charge in [-0.25, -0.2) is 0 Å². The molecule has 0 bridgehead atoms. The number of nitrogens with zero attached hydrogens (tertiary/aromatic N) is 1. The smallest absolute Gasteiger partial charge is 0.211 e. The van der Waals surface area contributed by atoms with Gasteiger partial charge >= 0.3 is 0 Å². The lowest BCUT2D eigenvalue weighted by atomic mass is 9.81. The zero-order valence-electron chi connectivity index (χ0n) is 11.8. The lowest BCUT2D eigenvalue weighted by Crippen LogP contribution is -2.18. The summed E-state index contributed by atoms with van der Waals surface area (Å²) in [5.74, 6) is 0. The van der Waals surface area contributed by atoms with Crippen molar-refractivity contribution in [3.63, 3.8) is 0 Å². The molecule has 1 aromatic heterocycles. The van der Waals surface area contributed by atoms with E-state index in [1.165, 1.54) is 11.1 Å². The summed E-state index contributed by atoms with van der Waals surface area (Å²) in [4.78, 5) is 11.0. The average Bonchev–Trinajstić information content (AvgIpc) is 2.80. The fourth-order valence-corrected chi connectivity index (χ4v) is 3.83. The third-order valence-corrected chi connectivity index (χ3v) is 4.24. The first-order chi connectivity index (χ1) is 8.87. The van der Waals surface area contributed by atoms with E-state index in [9.17, 15) is 4.79 Å². The summed E-state index contributed by atoms with van der Waals surface area (Å²) in [7, 11) is 0. The number of benzene rings is 1. The van der Waals surface area contributed by atoms with E-state index in [0.29, 0.717) is 0 Å². The fraction of sp³-hybridized carbons (Fsp3) is 0.467. The highest BCUT2D eigenvalue weighted by Gasteiger charge is 2.44. The second-order valence-corrected chi connectivity index (χ2v) is 6.71. The van der Waals surface area contributed by atoms with Crippen LogP contribution in [0.25, 0.3) is 10.9 Å². The van der Waals surface area contributed by atoms with Gasteiger partial charge in [0.2, 0.25) is 6.41 Å². The minimum atomic E-state index is 0.0512. The molecular formula is C15H19N3O. The maximum atomic E-state index is 11.0. The Morgan fingerprint density at radius 1 is 1.32 bits per heavy atom. The van der Waals surface area contributed by atoms with Crippen LogP contribution in [0.2, 0.25) is 0 Å². The summed E-state index contributed by atoms with van der Waals surface area (Å²) in [6.07, 6.45) is 3.61. The Labute approximate surface area is 112 Å². The summed E-state index contributed by atoms with van der Waals surface area (Å²) in [5, 5.41) is 11.0. The molecule has 0 unspecified atom stereocenters. The third-order valence-electron chi connectivity index (χ3n) is 4.24. The molecule has 0 radical (unpaired) electrons. The highest BCUT2D eigenvalue weighted by Crippen LogP contribution is 2.53. The van der Waals surface area contributed by atoms with Crippen LogP contribution < -0.4 is 5.32 Å². The molecule has 0 fully saturated rings. The van der Waals surface area contributed by atoms with Crippen LogP contribution in [-0.4, -0.2) is 16.6 Å². The normalized spacial score (nSPS) is 19.4. The first-order valence-electron chi connectivity index (χ1n) is 6.58. The number of carbonyl (C=O) groups excluding carboxylic acids is 1. The Morgan fingerprint density at radius 3 is 2.74 bits per heavy atom. The number of hydrogen-bond donors (Lipinski definition) is 2. The number of rotatable bonds is 2. The molecule has 2 aromatic rings. The van der Waals surface area contributed by atoms with Crippen LogP contribution in [0.3, 0.4) is 0 Å². The van der Waals surface area contributed by atoms with Crippen molar-refractivity contribution >= 4 is 23.0 Å². The number of fused-ring (bicyclic) bond motifs is 2. The maximum absolute atomic E-state index is 11.0. The Kier molecular flexibility index (Phi) is 2.31. The summed E-state index contributed by atoms with van der Waals surface area (Å²) in [5.41, 5.74) is 4.60. The lowest BCUT2D eigenvalue weighted by molar-refractivity contribution is -0.105. The standard InChI is InChI=1S/C15H19N3O/c1-14(2)7-15(3,4)12-10(14)5-11-9(6-17-18-11)13(12)16-8-19/h5-6,8H,7H2,1-4H3,(H,16,19)(H,17,18). The highest BCUT2D eigenvalue weighted by molar-refractivity contribution is 5.99. The molecule has 0 aliphatic heterocycles. The second-order valence-electron chi connectivity index (χ2n) is 6.71. The number of anilines is 1. The van der Waals surface area contributed by atoms with Gasteiger partial charge in [-0.3, -0.25) is 9.89 Å². The van der Waals surface area contributed by atoms with Crippen molar-refractivity contribution in [2.24, 2.45) is 0 Å². The summed E-state index contributed by atoms with van der Waals surface area (Å²) in [6, 6.07) is 2.18.